The molecular formula is H7O8PTi. The van der Waals surface area contributed by atoms with E-state index in [9.17, 15) is 0 Å². The van der Waals surface area contributed by atoms with Gasteiger partial charge in [-0.3, -0.25) is 0 Å². The zero-order valence-corrected chi connectivity index (χ0v) is 6.94. The molecule has 0 aromatic rings. The minimum absolute atomic E-state index is 4.64. The molecule has 0 aromatic heterocycles. The minimum atomic E-state index is -5.00. The molecule has 0 aliphatic rings. The van der Waals surface area contributed by atoms with Gasteiger partial charge < -0.3 is 14.7 Å². The topological polar surface area (TPSA) is 159 Å². The summed E-state index contributed by atoms with van der Waals surface area (Å²) in [6.07, 6.45) is 0. The van der Waals surface area contributed by atoms with Gasteiger partial charge in [-0.1, -0.05) is 0 Å². The molecule has 0 atom stereocenters. The maximum absolute atomic E-state index is 8.88. The third-order valence-electron chi connectivity index (χ3n) is 0. The molecule has 0 aliphatic heterocycles. The fourth-order valence-corrected chi connectivity index (χ4v) is 0. The molecule has 10 heavy (non-hydrogen) atoms. The van der Waals surface area contributed by atoms with Crippen LogP contribution >= 0.6 is 7.82 Å². The Labute approximate surface area is 60.5 Å². The summed E-state index contributed by atoms with van der Waals surface area (Å²) in [5, 5.41) is 0. The summed E-state index contributed by atoms with van der Waals surface area (Å²) >= 11 is -5.00. The van der Waals surface area contributed by atoms with E-state index in [1.165, 1.54) is 0 Å². The van der Waals surface area contributed by atoms with Crippen molar-refractivity contribution in [2.75, 3.05) is 0 Å². The van der Waals surface area contributed by atoms with Crippen molar-refractivity contribution >= 4 is 7.82 Å². The summed E-state index contributed by atoms with van der Waals surface area (Å²) in [4.78, 5) is 21.6. The van der Waals surface area contributed by atoms with Gasteiger partial charge in [-0.2, -0.15) is 0 Å². The van der Waals surface area contributed by atoms with Crippen molar-refractivity contribution in [2.45, 2.75) is 0 Å². The van der Waals surface area contributed by atoms with E-state index in [1.54, 1.807) is 0 Å². The van der Waals surface area contributed by atoms with Gasteiger partial charge in [0.2, 0.25) is 0 Å². The molecule has 0 spiro atoms. The summed E-state index contributed by atoms with van der Waals surface area (Å²) in [5.41, 5.74) is 0. The molecule has 0 amide bonds. The Morgan fingerprint density at radius 3 is 0.900 bits per heavy atom. The van der Waals surface area contributed by atoms with Gasteiger partial charge in [0.25, 0.3) is 0 Å². The Hall–Kier alpha value is 0.664. The molecule has 0 rings (SSSR count). The molecule has 0 fully saturated rings. The number of rotatable bonds is 0. The molecule has 0 unspecified atom stereocenters. The Morgan fingerprint density at radius 2 is 0.900 bits per heavy atom. The zero-order chi connectivity index (χ0) is 9.00. The Balaban J connectivity index is 0. The van der Waals surface area contributed by atoms with Gasteiger partial charge in [0.05, 0.1) is 0 Å². The standard InChI is InChI=1S/H3O4P.4H2O.Ti/c1-5(2,3)4;;;;;/h(H3,1,2,3,4);4*1H2;/q;;;;;+4/p-4. The number of hydrogen-bond donors (Lipinski definition) is 7. The summed E-state index contributed by atoms with van der Waals surface area (Å²) in [5.74, 6) is 0. The van der Waals surface area contributed by atoms with Crippen LogP contribution in [0.5, 0.6) is 0 Å². The molecule has 0 saturated heterocycles. The molecule has 7 N–H and O–H groups in total. The number of phosphoric acid groups is 1. The average Bonchev–Trinajstić information content (AvgIpc) is 1.12. The van der Waals surface area contributed by atoms with E-state index in [0.717, 1.165) is 0 Å². The van der Waals surface area contributed by atoms with Crippen LogP contribution in [0.1, 0.15) is 0 Å². The number of hydrogen-bond acceptors (Lipinski definition) is 5. The van der Waals surface area contributed by atoms with Gasteiger partial charge >= 0.3 is 40.7 Å². The molecular weight excluding hydrogens is 207 g/mol. The second-order valence-electron chi connectivity index (χ2n) is 1.11. The zero-order valence-electron chi connectivity index (χ0n) is 4.49. The molecule has 0 aliphatic carbocycles. The van der Waals surface area contributed by atoms with Crippen LogP contribution in [0, 0.1) is 0 Å². The van der Waals surface area contributed by atoms with E-state index in [2.05, 4.69) is 0 Å². The van der Waals surface area contributed by atoms with Crippen LogP contribution in [-0.4, -0.2) is 29.4 Å². The second-order valence-corrected chi connectivity index (χ2v) is 4.01. The van der Waals surface area contributed by atoms with Crippen LogP contribution in [0.15, 0.2) is 0 Å². The van der Waals surface area contributed by atoms with Crippen molar-refractivity contribution in [3.63, 3.8) is 0 Å². The predicted molar refractivity (Wildman–Crippen MR) is 23.1 cm³/mol. The monoisotopic (exact) mass is 214 g/mol. The molecule has 0 aromatic carbocycles. The van der Waals surface area contributed by atoms with Crippen molar-refractivity contribution in [1.82, 2.24) is 0 Å². The Morgan fingerprint density at radius 1 is 0.900 bits per heavy atom. The molecule has 0 bridgehead atoms. The SMILES string of the molecule is O=P(O)(O)O.[OH][Ti]([OH])([OH])[OH]. The quantitative estimate of drug-likeness (QED) is 0.164. The van der Waals surface area contributed by atoms with Gasteiger partial charge in [0.15, 0.2) is 0 Å². The molecule has 0 radical (unpaired) electrons. The van der Waals surface area contributed by atoms with Crippen LogP contribution in [-0.2, 0) is 22.7 Å². The van der Waals surface area contributed by atoms with Crippen LogP contribution < -0.4 is 0 Å². The maximum atomic E-state index is 8.88. The van der Waals surface area contributed by atoms with E-state index < -0.39 is 26.0 Å². The summed E-state index contributed by atoms with van der Waals surface area (Å²) in [6.45, 7) is 0. The van der Waals surface area contributed by atoms with Gasteiger partial charge in [-0.05, 0) is 0 Å². The van der Waals surface area contributed by atoms with E-state index in [0.29, 0.717) is 0 Å². The molecule has 0 saturated carbocycles. The second kappa shape index (κ2) is 4.52. The van der Waals surface area contributed by atoms with E-state index in [1.807, 2.05) is 0 Å². The normalized spacial score (nSPS) is 11.9. The molecule has 64 valence electrons. The van der Waals surface area contributed by atoms with Crippen molar-refractivity contribution in [3.8, 4) is 0 Å². The van der Waals surface area contributed by atoms with Gasteiger partial charge in [-0.15, -0.1) is 0 Å². The first-order valence-corrected chi connectivity index (χ1v) is 6.04. The van der Waals surface area contributed by atoms with E-state index >= 15 is 0 Å². The molecule has 10 heteroatoms. The fourth-order valence-electron chi connectivity index (χ4n) is 0. The molecule has 8 nitrogen and oxygen atoms in total. The van der Waals surface area contributed by atoms with Crippen LogP contribution in [0.3, 0.4) is 0 Å². The fraction of sp³-hybridized carbons (Fsp3) is 0. The van der Waals surface area contributed by atoms with Gasteiger partial charge in [-0.25, -0.2) is 4.57 Å². The molecule has 0 heterocycles. The summed E-state index contributed by atoms with van der Waals surface area (Å²) < 4.78 is 38.4. The third-order valence-corrected chi connectivity index (χ3v) is 0. The Kier molecular flexibility index (Phi) is 6.00. The average molecular weight is 214 g/mol. The van der Waals surface area contributed by atoms with Crippen LogP contribution in [0.2, 0.25) is 0 Å². The van der Waals surface area contributed by atoms with Gasteiger partial charge in [0.1, 0.15) is 0 Å². The predicted octanol–water partition coefficient (Wildman–Crippen LogP) is -3.16. The first-order valence-electron chi connectivity index (χ1n) is 1.68. The van der Waals surface area contributed by atoms with Crippen LogP contribution in [0.25, 0.3) is 0 Å². The Bertz CT molecular complexity index is 101. The van der Waals surface area contributed by atoms with Crippen LogP contribution in [0.4, 0.5) is 0 Å². The first kappa shape index (κ1) is 13.3. The van der Waals surface area contributed by atoms with E-state index in [-0.39, 0.29) is 0 Å². The summed E-state index contributed by atoms with van der Waals surface area (Å²) in [6, 6.07) is 0. The van der Waals surface area contributed by atoms with E-state index in [4.69, 9.17) is 34.0 Å². The van der Waals surface area contributed by atoms with Crippen molar-refractivity contribution in [3.05, 3.63) is 0 Å². The van der Waals surface area contributed by atoms with Crippen molar-refractivity contribution < 1.29 is 52.1 Å². The third kappa shape index (κ3) is 1150. The van der Waals surface area contributed by atoms with Gasteiger partial charge in [0, 0.05) is 0 Å². The van der Waals surface area contributed by atoms with Crippen molar-refractivity contribution in [2.24, 2.45) is 0 Å². The first-order chi connectivity index (χ1) is 4.00. The van der Waals surface area contributed by atoms with Crippen molar-refractivity contribution in [1.29, 1.82) is 0 Å². The summed E-state index contributed by atoms with van der Waals surface area (Å²) in [7, 11) is -4.64.